The Morgan fingerprint density at radius 2 is 2.19 bits per heavy atom. The third-order valence-corrected chi connectivity index (χ3v) is 5.91. The molecule has 0 spiro atoms. The topological polar surface area (TPSA) is 15.6 Å². The number of alkyl halides is 1. The van der Waals surface area contributed by atoms with E-state index in [1.165, 1.54) is 43.9 Å². The Kier molecular flexibility index (Phi) is 5.01. The number of amidine groups is 1. The van der Waals surface area contributed by atoms with Gasteiger partial charge in [0.1, 0.15) is 0 Å². The molecule has 0 bridgehead atoms. The van der Waals surface area contributed by atoms with Gasteiger partial charge in [-0.3, -0.25) is 4.99 Å². The van der Waals surface area contributed by atoms with E-state index in [1.54, 1.807) is 0 Å². The minimum Gasteiger partial charge on any atom is -0.351 e. The van der Waals surface area contributed by atoms with Crippen molar-refractivity contribution in [2.75, 3.05) is 25.0 Å². The normalized spacial score (nSPS) is 27.2. The monoisotopic (exact) mass is 304 g/mol. The van der Waals surface area contributed by atoms with Crippen LogP contribution in [-0.2, 0) is 0 Å². The maximum Gasteiger partial charge on any atom is 0.159 e. The molecule has 2 aliphatic heterocycles. The minimum absolute atomic E-state index is 0.670. The molecule has 0 radical (unpaired) electrons. The van der Waals surface area contributed by atoms with E-state index in [9.17, 15) is 0 Å². The van der Waals surface area contributed by atoms with Crippen LogP contribution in [-0.4, -0.2) is 40.3 Å². The van der Waals surface area contributed by atoms with Crippen molar-refractivity contribution in [3.05, 3.63) is 0 Å². The van der Waals surface area contributed by atoms with Crippen LogP contribution in [0.15, 0.2) is 4.99 Å². The molecule has 4 heteroatoms. The summed E-state index contributed by atoms with van der Waals surface area (Å²) >= 11 is 5.51. The van der Waals surface area contributed by atoms with E-state index in [1.807, 2.05) is 11.8 Å². The molecule has 1 saturated heterocycles. The molecule has 0 N–H and O–H groups in total. The maximum atomic E-state index is 4.66. The van der Waals surface area contributed by atoms with Gasteiger partial charge in [0, 0.05) is 23.7 Å². The van der Waals surface area contributed by atoms with Crippen LogP contribution < -0.4 is 0 Å². The number of hydrogen-bond acceptors (Lipinski definition) is 3. The Morgan fingerprint density at radius 1 is 1.44 bits per heavy atom. The van der Waals surface area contributed by atoms with Gasteiger partial charge < -0.3 is 4.90 Å². The van der Waals surface area contributed by atoms with Crippen molar-refractivity contribution >= 4 is 32.9 Å². The molecule has 2 aliphatic rings. The van der Waals surface area contributed by atoms with E-state index in [0.29, 0.717) is 5.25 Å². The standard InChI is InChI=1S/C12H21BrN2S/c1-2-3-10-4-6-15(7-5-10)12-14-9-11(8-13)16-12/h10-11H,2-9H2,1H3. The van der Waals surface area contributed by atoms with Crippen LogP contribution in [0.1, 0.15) is 32.6 Å². The number of halogens is 1. The second-order valence-electron chi connectivity index (χ2n) is 4.74. The van der Waals surface area contributed by atoms with Crippen molar-refractivity contribution in [2.24, 2.45) is 10.9 Å². The fraction of sp³-hybridized carbons (Fsp3) is 0.917. The zero-order valence-corrected chi connectivity index (χ0v) is 12.4. The number of likely N-dealkylation sites (tertiary alicyclic amines) is 1. The molecule has 16 heavy (non-hydrogen) atoms. The Bertz CT molecular complexity index is 249. The molecule has 0 aliphatic carbocycles. The van der Waals surface area contributed by atoms with Gasteiger partial charge in [0.15, 0.2) is 5.17 Å². The van der Waals surface area contributed by atoms with E-state index in [4.69, 9.17) is 0 Å². The quantitative estimate of drug-likeness (QED) is 0.743. The highest BCUT2D eigenvalue weighted by Gasteiger charge is 2.26. The maximum absolute atomic E-state index is 4.66. The van der Waals surface area contributed by atoms with Gasteiger partial charge in [-0.15, -0.1) is 0 Å². The van der Waals surface area contributed by atoms with Crippen molar-refractivity contribution in [3.63, 3.8) is 0 Å². The third-order valence-electron chi connectivity index (χ3n) is 3.46. The molecule has 0 aromatic heterocycles. The van der Waals surface area contributed by atoms with Gasteiger partial charge in [0.2, 0.25) is 0 Å². The number of nitrogens with zero attached hydrogens (tertiary/aromatic N) is 2. The minimum atomic E-state index is 0.670. The Morgan fingerprint density at radius 3 is 2.75 bits per heavy atom. The lowest BCUT2D eigenvalue weighted by atomic mass is 9.93. The van der Waals surface area contributed by atoms with Gasteiger partial charge in [-0.2, -0.15) is 0 Å². The van der Waals surface area contributed by atoms with Gasteiger partial charge in [-0.25, -0.2) is 0 Å². The predicted molar refractivity (Wildman–Crippen MR) is 76.7 cm³/mol. The van der Waals surface area contributed by atoms with Gasteiger partial charge in [0.05, 0.1) is 6.54 Å². The number of piperidine rings is 1. The van der Waals surface area contributed by atoms with E-state index in [-0.39, 0.29) is 0 Å². The molecular weight excluding hydrogens is 284 g/mol. The summed E-state index contributed by atoms with van der Waals surface area (Å²) in [6.45, 7) is 5.75. The summed E-state index contributed by atoms with van der Waals surface area (Å²) in [6.07, 6.45) is 5.49. The number of hydrogen-bond donors (Lipinski definition) is 0. The van der Waals surface area contributed by atoms with E-state index >= 15 is 0 Å². The van der Waals surface area contributed by atoms with Crippen LogP contribution >= 0.6 is 27.7 Å². The molecule has 1 unspecified atom stereocenters. The molecule has 2 rings (SSSR count). The van der Waals surface area contributed by atoms with Crippen molar-refractivity contribution in [3.8, 4) is 0 Å². The third kappa shape index (κ3) is 3.16. The molecule has 0 amide bonds. The molecule has 0 saturated carbocycles. The van der Waals surface area contributed by atoms with Gasteiger partial charge in [-0.1, -0.05) is 47.5 Å². The Labute approximate surface area is 111 Å². The highest BCUT2D eigenvalue weighted by atomic mass is 79.9. The van der Waals surface area contributed by atoms with Crippen LogP contribution in [0.4, 0.5) is 0 Å². The SMILES string of the molecule is CCCC1CCN(C2=NCC(CBr)S2)CC1. The largest absolute Gasteiger partial charge is 0.351 e. The Hall–Kier alpha value is 0.300. The van der Waals surface area contributed by atoms with Crippen LogP contribution in [0, 0.1) is 5.92 Å². The van der Waals surface area contributed by atoms with Crippen molar-refractivity contribution in [1.82, 2.24) is 4.90 Å². The molecule has 2 nitrogen and oxygen atoms in total. The second kappa shape index (κ2) is 6.29. The van der Waals surface area contributed by atoms with Crippen LogP contribution in [0.3, 0.4) is 0 Å². The number of thioether (sulfide) groups is 1. The van der Waals surface area contributed by atoms with Crippen molar-refractivity contribution in [1.29, 1.82) is 0 Å². The number of aliphatic imine (C=N–C) groups is 1. The first-order valence-electron chi connectivity index (χ1n) is 6.35. The first-order valence-corrected chi connectivity index (χ1v) is 8.35. The summed E-state index contributed by atoms with van der Waals surface area (Å²) < 4.78 is 0. The second-order valence-corrected chi connectivity index (χ2v) is 6.65. The first-order chi connectivity index (χ1) is 7.83. The predicted octanol–water partition coefficient (Wildman–Crippen LogP) is 3.36. The van der Waals surface area contributed by atoms with Crippen LogP contribution in [0.25, 0.3) is 0 Å². The van der Waals surface area contributed by atoms with Gasteiger partial charge in [0.25, 0.3) is 0 Å². The Balaban J connectivity index is 1.77. The highest BCUT2D eigenvalue weighted by Crippen LogP contribution is 2.29. The summed E-state index contributed by atoms with van der Waals surface area (Å²) in [7, 11) is 0. The zero-order valence-electron chi connectivity index (χ0n) is 9.99. The summed E-state index contributed by atoms with van der Waals surface area (Å²) in [5.41, 5.74) is 0. The molecule has 0 aromatic rings. The summed E-state index contributed by atoms with van der Waals surface area (Å²) in [6, 6.07) is 0. The molecular formula is C12H21BrN2S. The van der Waals surface area contributed by atoms with Crippen LogP contribution in [0.2, 0.25) is 0 Å². The first kappa shape index (κ1) is 12.7. The van der Waals surface area contributed by atoms with E-state index in [0.717, 1.165) is 17.8 Å². The molecule has 2 heterocycles. The lowest BCUT2D eigenvalue weighted by Crippen LogP contribution is -2.36. The summed E-state index contributed by atoms with van der Waals surface area (Å²) in [5, 5.41) is 3.04. The highest BCUT2D eigenvalue weighted by molar-refractivity contribution is 9.09. The smallest absolute Gasteiger partial charge is 0.159 e. The van der Waals surface area contributed by atoms with E-state index in [2.05, 4.69) is 32.7 Å². The zero-order chi connectivity index (χ0) is 11.4. The molecule has 1 fully saturated rings. The summed E-state index contributed by atoms with van der Waals surface area (Å²) in [5.74, 6) is 0.972. The van der Waals surface area contributed by atoms with Crippen molar-refractivity contribution in [2.45, 2.75) is 37.9 Å². The van der Waals surface area contributed by atoms with Gasteiger partial charge >= 0.3 is 0 Å². The molecule has 0 aromatic carbocycles. The molecule has 92 valence electrons. The average Bonchev–Trinajstić information content (AvgIpc) is 2.79. The summed E-state index contributed by atoms with van der Waals surface area (Å²) in [4.78, 5) is 7.16. The fourth-order valence-electron chi connectivity index (χ4n) is 2.48. The lowest BCUT2D eigenvalue weighted by Gasteiger charge is -2.33. The average molecular weight is 305 g/mol. The van der Waals surface area contributed by atoms with Crippen LogP contribution in [0.5, 0.6) is 0 Å². The fourth-order valence-corrected chi connectivity index (χ4v) is 4.07. The molecule has 1 atom stereocenters. The van der Waals surface area contributed by atoms with Crippen molar-refractivity contribution < 1.29 is 0 Å². The number of rotatable bonds is 3. The van der Waals surface area contributed by atoms with Gasteiger partial charge in [-0.05, 0) is 18.8 Å². The lowest BCUT2D eigenvalue weighted by molar-refractivity contribution is 0.258. The van der Waals surface area contributed by atoms with E-state index < -0.39 is 0 Å².